The first-order valence-corrected chi connectivity index (χ1v) is 10.3. The van der Waals surface area contributed by atoms with E-state index in [1.165, 1.54) is 19.2 Å². The van der Waals surface area contributed by atoms with Crippen LogP contribution in [0.25, 0.3) is 10.9 Å². The highest BCUT2D eigenvalue weighted by atomic mass is 16.6. The molecule has 32 heavy (non-hydrogen) atoms. The van der Waals surface area contributed by atoms with Gasteiger partial charge in [0.1, 0.15) is 5.92 Å². The molecular formula is C23H21N3O6. The number of hydrogen-bond donors (Lipinski definition) is 2. The molecule has 2 aliphatic heterocycles. The maximum Gasteiger partial charge on any atom is 0.316 e. The number of phenolic OH excluding ortho intramolecular Hbond substituents is 1. The smallest absolute Gasteiger partial charge is 0.316 e. The highest BCUT2D eigenvalue weighted by molar-refractivity contribution is 6.03. The summed E-state index contributed by atoms with van der Waals surface area (Å²) in [4.78, 5) is 41.7. The first kappa shape index (κ1) is 20.2. The van der Waals surface area contributed by atoms with E-state index in [0.717, 1.165) is 22.2 Å². The van der Waals surface area contributed by atoms with Gasteiger partial charge >= 0.3 is 11.7 Å². The third-order valence-electron chi connectivity index (χ3n) is 6.60. The topological polar surface area (TPSA) is 126 Å². The molecule has 0 radical (unpaired) electrons. The number of carbonyl (C=O) groups is 2. The fourth-order valence-corrected chi connectivity index (χ4v) is 5.11. The third kappa shape index (κ3) is 3.04. The summed E-state index contributed by atoms with van der Waals surface area (Å²) in [5.41, 5.74) is 3.22. The molecule has 2 aromatic carbocycles. The van der Waals surface area contributed by atoms with E-state index in [2.05, 4.69) is 4.98 Å². The summed E-state index contributed by atoms with van der Waals surface area (Å²) in [6.45, 7) is 0.269. The average Bonchev–Trinajstić information content (AvgIpc) is 3.15. The second-order valence-corrected chi connectivity index (χ2v) is 8.26. The Hall–Kier alpha value is -3.72. The molecule has 2 aliphatic rings. The molecule has 0 spiro atoms. The van der Waals surface area contributed by atoms with Gasteiger partial charge in [0, 0.05) is 29.2 Å². The number of piperidine rings is 1. The van der Waals surface area contributed by atoms with E-state index >= 15 is 0 Å². The first-order valence-electron chi connectivity index (χ1n) is 10.3. The standard InChI is InChI=1S/C23H21N3O6/c1-32-23(29)15-10-18-21-14(13-4-2-3-5-16(13)24-21)9-19(22(15)28)25(18)11-12-6-7-20(27)17(8-12)26(30)31/h2-8,15,18-19,24,27H,9-11H2,1H3/t15?,18-,19?/m0/s1. The number of fused-ring (bicyclic) bond motifs is 6. The Bertz CT molecular complexity index is 1270. The SMILES string of the molecule is COC(=O)C1C[C@H]2c3[nH]c4ccccc4c3CC(C1=O)N2Cc1ccc(O)c([N+](=O)[O-])c1. The van der Waals surface area contributed by atoms with E-state index in [4.69, 9.17) is 4.74 Å². The molecular weight excluding hydrogens is 414 g/mol. The average molecular weight is 435 g/mol. The molecule has 9 heteroatoms. The Morgan fingerprint density at radius 1 is 1.28 bits per heavy atom. The molecule has 3 heterocycles. The molecule has 2 N–H and O–H groups in total. The van der Waals surface area contributed by atoms with Gasteiger partial charge in [-0.05, 0) is 36.1 Å². The molecule has 1 fully saturated rings. The minimum atomic E-state index is -0.847. The fraction of sp³-hybridized carbons (Fsp3) is 0.304. The number of rotatable bonds is 4. The summed E-state index contributed by atoms with van der Waals surface area (Å²) >= 11 is 0. The summed E-state index contributed by atoms with van der Waals surface area (Å²) in [6, 6.07) is 11.3. The molecule has 0 aliphatic carbocycles. The van der Waals surface area contributed by atoms with E-state index < -0.39 is 28.6 Å². The van der Waals surface area contributed by atoms with Crippen LogP contribution < -0.4 is 0 Å². The second-order valence-electron chi connectivity index (χ2n) is 8.26. The Labute approximate surface area is 182 Å². The van der Waals surface area contributed by atoms with Gasteiger partial charge in [0.2, 0.25) is 0 Å². The van der Waals surface area contributed by atoms with Crippen molar-refractivity contribution in [1.29, 1.82) is 0 Å². The van der Waals surface area contributed by atoms with Gasteiger partial charge in [0.15, 0.2) is 11.5 Å². The van der Waals surface area contributed by atoms with Crippen molar-refractivity contribution in [1.82, 2.24) is 9.88 Å². The van der Waals surface area contributed by atoms with E-state index in [1.807, 2.05) is 29.2 Å². The molecule has 164 valence electrons. The van der Waals surface area contributed by atoms with E-state index in [1.54, 1.807) is 6.07 Å². The minimum absolute atomic E-state index is 0.197. The lowest BCUT2D eigenvalue weighted by molar-refractivity contribution is -0.385. The summed E-state index contributed by atoms with van der Waals surface area (Å²) in [5.74, 6) is -1.99. The molecule has 3 atom stereocenters. The van der Waals surface area contributed by atoms with Gasteiger partial charge in [0.05, 0.1) is 24.1 Å². The zero-order valence-corrected chi connectivity index (χ0v) is 17.3. The number of Topliss-reactive ketones (excluding diaryl/α,β-unsaturated/α-hetero) is 1. The quantitative estimate of drug-likeness (QED) is 0.279. The number of ketones is 1. The molecule has 3 aromatic rings. The van der Waals surface area contributed by atoms with Crippen molar-refractivity contribution < 1.29 is 24.4 Å². The molecule has 0 saturated carbocycles. The number of aromatic amines is 1. The molecule has 0 amide bonds. The van der Waals surface area contributed by atoms with Gasteiger partial charge in [-0.15, -0.1) is 0 Å². The predicted molar refractivity (Wildman–Crippen MR) is 114 cm³/mol. The van der Waals surface area contributed by atoms with Gasteiger partial charge in [-0.25, -0.2) is 0 Å². The number of nitrogens with zero attached hydrogens (tertiary/aromatic N) is 2. The van der Waals surface area contributed by atoms with Crippen molar-refractivity contribution >= 4 is 28.3 Å². The number of esters is 1. The van der Waals surface area contributed by atoms with Crippen LogP contribution in [0, 0.1) is 16.0 Å². The van der Waals surface area contributed by atoms with Crippen molar-refractivity contribution in [3.8, 4) is 5.75 Å². The highest BCUT2D eigenvalue weighted by Gasteiger charge is 2.50. The lowest BCUT2D eigenvalue weighted by Crippen LogP contribution is -2.56. The van der Waals surface area contributed by atoms with Crippen LogP contribution in [-0.4, -0.2) is 44.8 Å². The zero-order chi connectivity index (χ0) is 22.6. The minimum Gasteiger partial charge on any atom is -0.502 e. The number of benzene rings is 2. The zero-order valence-electron chi connectivity index (χ0n) is 17.3. The van der Waals surface area contributed by atoms with Crippen molar-refractivity contribution in [2.24, 2.45) is 5.92 Å². The number of H-pyrrole nitrogens is 1. The van der Waals surface area contributed by atoms with Crippen molar-refractivity contribution in [3.05, 3.63) is 69.4 Å². The van der Waals surface area contributed by atoms with Crippen LogP contribution in [0.1, 0.15) is 29.3 Å². The van der Waals surface area contributed by atoms with Crippen molar-refractivity contribution in [3.63, 3.8) is 0 Å². The van der Waals surface area contributed by atoms with Gasteiger partial charge in [0.25, 0.3) is 0 Å². The van der Waals surface area contributed by atoms with Crippen LogP contribution in [0.5, 0.6) is 5.75 Å². The normalized spacial score (nSPS) is 22.5. The summed E-state index contributed by atoms with van der Waals surface area (Å²) in [7, 11) is 1.28. The molecule has 1 aromatic heterocycles. The number of aromatic nitrogens is 1. The number of phenols is 1. The van der Waals surface area contributed by atoms with Gasteiger partial charge in [-0.3, -0.25) is 24.6 Å². The number of carbonyl (C=O) groups excluding carboxylic acids is 2. The first-order chi connectivity index (χ1) is 15.4. The lowest BCUT2D eigenvalue weighted by atomic mass is 9.76. The lowest BCUT2D eigenvalue weighted by Gasteiger charge is -2.46. The summed E-state index contributed by atoms with van der Waals surface area (Å²) in [6.07, 6.45) is 0.699. The van der Waals surface area contributed by atoms with Crippen LogP contribution in [0.3, 0.4) is 0 Å². The maximum atomic E-state index is 13.3. The van der Waals surface area contributed by atoms with Crippen molar-refractivity contribution in [2.45, 2.75) is 31.5 Å². The second kappa shape index (κ2) is 7.45. The van der Waals surface area contributed by atoms with Crippen molar-refractivity contribution in [2.75, 3.05) is 7.11 Å². The van der Waals surface area contributed by atoms with Crippen LogP contribution in [0.4, 0.5) is 5.69 Å². The van der Waals surface area contributed by atoms with Gasteiger partial charge < -0.3 is 14.8 Å². The number of nitro groups is 1. The monoisotopic (exact) mass is 435 g/mol. The molecule has 2 bridgehead atoms. The van der Waals surface area contributed by atoms with Crippen LogP contribution in [-0.2, 0) is 27.3 Å². The Kier molecular flexibility index (Phi) is 4.70. The molecule has 9 nitrogen and oxygen atoms in total. The third-order valence-corrected chi connectivity index (χ3v) is 6.60. The number of nitrogens with one attached hydrogen (secondary N) is 1. The van der Waals surface area contributed by atoms with Gasteiger partial charge in [-0.1, -0.05) is 24.3 Å². The molecule has 5 rings (SSSR count). The van der Waals surface area contributed by atoms with Crippen LogP contribution in [0.2, 0.25) is 0 Å². The highest BCUT2D eigenvalue weighted by Crippen LogP contribution is 2.45. The molecule has 1 saturated heterocycles. The van der Waals surface area contributed by atoms with E-state index in [0.29, 0.717) is 12.0 Å². The Morgan fingerprint density at radius 2 is 2.06 bits per heavy atom. The number of aromatic hydroxyl groups is 1. The van der Waals surface area contributed by atoms with E-state index in [9.17, 15) is 24.8 Å². The largest absolute Gasteiger partial charge is 0.502 e. The van der Waals surface area contributed by atoms with Crippen LogP contribution >= 0.6 is 0 Å². The van der Waals surface area contributed by atoms with Crippen LogP contribution in [0.15, 0.2) is 42.5 Å². The maximum absolute atomic E-state index is 13.3. The number of methoxy groups -OCH3 is 1. The number of ether oxygens (including phenoxy) is 1. The number of para-hydroxylation sites is 1. The number of nitro benzene ring substituents is 1. The van der Waals surface area contributed by atoms with Gasteiger partial charge in [-0.2, -0.15) is 0 Å². The Morgan fingerprint density at radius 3 is 2.81 bits per heavy atom. The molecule has 2 unspecified atom stereocenters. The Balaban J connectivity index is 1.59. The summed E-state index contributed by atoms with van der Waals surface area (Å²) in [5, 5.41) is 22.1. The fourth-order valence-electron chi connectivity index (χ4n) is 5.11. The predicted octanol–water partition coefficient (Wildman–Crippen LogP) is 3.01. The van der Waals surface area contributed by atoms with E-state index in [-0.39, 0.29) is 30.5 Å². The summed E-state index contributed by atoms with van der Waals surface area (Å²) < 4.78 is 4.89. The number of hydrogen-bond acceptors (Lipinski definition) is 7.